The molecule has 0 spiro atoms. The zero-order valence-corrected chi connectivity index (χ0v) is 12.2. The smallest absolute Gasteiger partial charge is 0.120 e. The molecule has 0 aliphatic heterocycles. The van der Waals surface area contributed by atoms with Crippen molar-refractivity contribution in [3.8, 4) is 5.75 Å². The Morgan fingerprint density at radius 3 is 2.84 bits per heavy atom. The summed E-state index contributed by atoms with van der Waals surface area (Å²) in [5.74, 6) is 0.829. The molecule has 4 nitrogen and oxygen atoms in total. The minimum atomic E-state index is 0.634. The standard InChI is InChI=1S/C14H18ClN3O/c1-4-12-14(15)13(18(2)17-12)9-16-10-6-5-7-11(8-10)19-3/h5-8,16H,4,9H2,1-3H3. The number of ether oxygens (including phenoxy) is 1. The first-order valence-electron chi connectivity index (χ1n) is 6.23. The summed E-state index contributed by atoms with van der Waals surface area (Å²) in [7, 11) is 3.57. The second-order valence-electron chi connectivity index (χ2n) is 4.27. The van der Waals surface area contributed by atoms with Crippen LogP contribution in [-0.4, -0.2) is 16.9 Å². The first-order valence-corrected chi connectivity index (χ1v) is 6.61. The average Bonchev–Trinajstić information content (AvgIpc) is 2.71. The lowest BCUT2D eigenvalue weighted by Gasteiger charge is -2.08. The number of benzene rings is 1. The summed E-state index contributed by atoms with van der Waals surface area (Å²) in [5.41, 5.74) is 2.92. The zero-order valence-electron chi connectivity index (χ0n) is 11.4. The molecule has 0 saturated carbocycles. The third-order valence-electron chi connectivity index (χ3n) is 3.03. The predicted octanol–water partition coefficient (Wildman–Crippen LogP) is 3.26. The molecule has 0 amide bonds. The van der Waals surface area contributed by atoms with Crippen LogP contribution in [-0.2, 0) is 20.0 Å². The highest BCUT2D eigenvalue weighted by Gasteiger charge is 2.12. The Balaban J connectivity index is 2.12. The van der Waals surface area contributed by atoms with Gasteiger partial charge in [-0.15, -0.1) is 0 Å². The van der Waals surface area contributed by atoms with Crippen molar-refractivity contribution in [1.29, 1.82) is 0 Å². The fraction of sp³-hybridized carbons (Fsp3) is 0.357. The first-order chi connectivity index (χ1) is 9.15. The predicted molar refractivity (Wildman–Crippen MR) is 77.9 cm³/mol. The Morgan fingerprint density at radius 2 is 2.21 bits per heavy atom. The number of hydrogen-bond acceptors (Lipinski definition) is 3. The molecule has 0 unspecified atom stereocenters. The number of anilines is 1. The normalized spacial score (nSPS) is 10.5. The molecule has 1 aromatic carbocycles. The van der Waals surface area contributed by atoms with E-state index in [0.29, 0.717) is 6.54 Å². The molecule has 2 rings (SSSR count). The second kappa shape index (κ2) is 5.97. The molecule has 0 aliphatic carbocycles. The average molecular weight is 280 g/mol. The third-order valence-corrected chi connectivity index (χ3v) is 3.47. The van der Waals surface area contributed by atoms with Crippen LogP contribution in [0.25, 0.3) is 0 Å². The van der Waals surface area contributed by atoms with Gasteiger partial charge in [0.05, 0.1) is 30.1 Å². The molecule has 1 N–H and O–H groups in total. The van der Waals surface area contributed by atoms with E-state index in [2.05, 4.69) is 10.4 Å². The van der Waals surface area contributed by atoms with Crippen LogP contribution in [0.3, 0.4) is 0 Å². The van der Waals surface area contributed by atoms with Gasteiger partial charge in [-0.2, -0.15) is 5.10 Å². The molecular weight excluding hydrogens is 262 g/mol. The number of methoxy groups -OCH3 is 1. The summed E-state index contributed by atoms with van der Waals surface area (Å²) < 4.78 is 7.02. The molecule has 1 aromatic heterocycles. The molecule has 2 aromatic rings. The molecule has 0 fully saturated rings. The summed E-state index contributed by atoms with van der Waals surface area (Å²) in [5, 5.41) is 8.47. The lowest BCUT2D eigenvalue weighted by molar-refractivity contribution is 0.415. The Kier molecular flexibility index (Phi) is 4.32. The Bertz CT molecular complexity index is 566. The van der Waals surface area contributed by atoms with Crippen molar-refractivity contribution in [3.05, 3.63) is 40.7 Å². The molecule has 5 heteroatoms. The summed E-state index contributed by atoms with van der Waals surface area (Å²) in [6.07, 6.45) is 0.839. The van der Waals surface area contributed by atoms with Crippen molar-refractivity contribution in [2.45, 2.75) is 19.9 Å². The highest BCUT2D eigenvalue weighted by atomic mass is 35.5. The number of nitrogens with zero attached hydrogens (tertiary/aromatic N) is 2. The van der Waals surface area contributed by atoms with E-state index in [0.717, 1.165) is 34.3 Å². The maximum Gasteiger partial charge on any atom is 0.120 e. The van der Waals surface area contributed by atoms with E-state index in [1.54, 1.807) is 7.11 Å². The Hall–Kier alpha value is -1.68. The van der Waals surface area contributed by atoms with Crippen LogP contribution < -0.4 is 10.1 Å². The van der Waals surface area contributed by atoms with E-state index in [4.69, 9.17) is 16.3 Å². The number of hydrogen-bond donors (Lipinski definition) is 1. The zero-order chi connectivity index (χ0) is 13.8. The molecule has 0 bridgehead atoms. The molecule has 0 aliphatic rings. The van der Waals surface area contributed by atoms with Gasteiger partial charge in [-0.05, 0) is 18.6 Å². The van der Waals surface area contributed by atoms with Crippen LogP contribution in [0.15, 0.2) is 24.3 Å². The number of halogens is 1. The van der Waals surface area contributed by atoms with Crippen LogP contribution in [0.1, 0.15) is 18.3 Å². The van der Waals surface area contributed by atoms with Gasteiger partial charge < -0.3 is 10.1 Å². The van der Waals surface area contributed by atoms with Gasteiger partial charge in [0.25, 0.3) is 0 Å². The fourth-order valence-electron chi connectivity index (χ4n) is 1.93. The first kappa shape index (κ1) is 13.7. The quantitative estimate of drug-likeness (QED) is 0.913. The van der Waals surface area contributed by atoms with Gasteiger partial charge in [0.15, 0.2) is 0 Å². The van der Waals surface area contributed by atoms with Gasteiger partial charge in [-0.25, -0.2) is 0 Å². The monoisotopic (exact) mass is 279 g/mol. The molecule has 0 radical (unpaired) electrons. The summed E-state index contributed by atoms with van der Waals surface area (Å²) in [6.45, 7) is 2.68. The van der Waals surface area contributed by atoms with Gasteiger partial charge >= 0.3 is 0 Å². The van der Waals surface area contributed by atoms with Gasteiger partial charge in [-0.3, -0.25) is 4.68 Å². The second-order valence-corrected chi connectivity index (χ2v) is 4.65. The maximum atomic E-state index is 6.31. The lowest BCUT2D eigenvalue weighted by atomic mass is 10.2. The molecular formula is C14H18ClN3O. The van der Waals surface area contributed by atoms with Gasteiger partial charge in [-0.1, -0.05) is 24.6 Å². The minimum absolute atomic E-state index is 0.634. The van der Waals surface area contributed by atoms with E-state index in [1.807, 2.05) is 42.9 Å². The van der Waals surface area contributed by atoms with Crippen molar-refractivity contribution in [1.82, 2.24) is 9.78 Å². The Labute approximate surface area is 118 Å². The maximum absolute atomic E-state index is 6.31. The summed E-state index contributed by atoms with van der Waals surface area (Å²) in [4.78, 5) is 0. The van der Waals surface area contributed by atoms with Gasteiger partial charge in [0, 0.05) is 18.8 Å². The van der Waals surface area contributed by atoms with Crippen LogP contribution in [0.5, 0.6) is 5.75 Å². The van der Waals surface area contributed by atoms with Crippen molar-refractivity contribution in [3.63, 3.8) is 0 Å². The number of nitrogens with one attached hydrogen (secondary N) is 1. The largest absolute Gasteiger partial charge is 0.497 e. The summed E-state index contributed by atoms with van der Waals surface area (Å²) in [6, 6.07) is 7.80. The lowest BCUT2D eigenvalue weighted by Crippen LogP contribution is -2.06. The van der Waals surface area contributed by atoms with Crippen molar-refractivity contribution < 1.29 is 4.74 Å². The van der Waals surface area contributed by atoms with E-state index in [9.17, 15) is 0 Å². The topological polar surface area (TPSA) is 39.1 Å². The van der Waals surface area contributed by atoms with E-state index in [1.165, 1.54) is 0 Å². The van der Waals surface area contributed by atoms with E-state index >= 15 is 0 Å². The number of aromatic nitrogens is 2. The van der Waals surface area contributed by atoms with E-state index in [-0.39, 0.29) is 0 Å². The fourth-order valence-corrected chi connectivity index (χ4v) is 2.29. The molecule has 102 valence electrons. The SMILES string of the molecule is CCc1nn(C)c(CNc2cccc(OC)c2)c1Cl. The van der Waals surface area contributed by atoms with Crippen molar-refractivity contribution >= 4 is 17.3 Å². The van der Waals surface area contributed by atoms with Crippen LogP contribution in [0.4, 0.5) is 5.69 Å². The van der Waals surface area contributed by atoms with Crippen LogP contribution in [0, 0.1) is 0 Å². The third kappa shape index (κ3) is 3.01. The van der Waals surface area contributed by atoms with Crippen molar-refractivity contribution in [2.75, 3.05) is 12.4 Å². The minimum Gasteiger partial charge on any atom is -0.497 e. The van der Waals surface area contributed by atoms with Crippen LogP contribution >= 0.6 is 11.6 Å². The van der Waals surface area contributed by atoms with E-state index < -0.39 is 0 Å². The molecule has 19 heavy (non-hydrogen) atoms. The molecule has 0 saturated heterocycles. The highest BCUT2D eigenvalue weighted by Crippen LogP contribution is 2.23. The van der Waals surface area contributed by atoms with Crippen molar-refractivity contribution in [2.24, 2.45) is 7.05 Å². The summed E-state index contributed by atoms with van der Waals surface area (Å²) >= 11 is 6.31. The highest BCUT2D eigenvalue weighted by molar-refractivity contribution is 6.31. The molecule has 1 heterocycles. The molecule has 0 atom stereocenters. The van der Waals surface area contributed by atoms with Crippen LogP contribution in [0.2, 0.25) is 5.02 Å². The number of aryl methyl sites for hydroxylation is 2. The number of rotatable bonds is 5. The van der Waals surface area contributed by atoms with Gasteiger partial charge in [0.2, 0.25) is 0 Å². The Morgan fingerprint density at radius 1 is 1.42 bits per heavy atom. The van der Waals surface area contributed by atoms with Gasteiger partial charge in [0.1, 0.15) is 5.75 Å².